The van der Waals surface area contributed by atoms with E-state index in [0.717, 1.165) is 19.4 Å². The molecule has 0 rings (SSSR count). The van der Waals surface area contributed by atoms with Crippen molar-refractivity contribution in [3.05, 3.63) is 5.41 Å². The molecule has 0 unspecified atom stereocenters. The first-order chi connectivity index (χ1) is 1.41. The van der Waals surface area contributed by atoms with Crippen molar-refractivity contribution in [2.45, 2.75) is 0 Å². The molecule has 0 spiro atoms. The first kappa shape index (κ1) is 9.03. The summed E-state index contributed by atoms with van der Waals surface area (Å²) in [5, 5.41) is 7.36. The maximum absolute atomic E-state index is 7.36. The SMILES string of the molecule is [N-]=[C]=[W].[Y]. The smallest absolute Gasteiger partial charge is 0 e. The van der Waals surface area contributed by atoms with Crippen LogP contribution in [0.4, 0.5) is 0 Å². The molecule has 0 aromatic carbocycles. The van der Waals surface area contributed by atoms with Gasteiger partial charge in [-0.2, -0.15) is 0 Å². The van der Waals surface area contributed by atoms with Crippen LogP contribution in [0.5, 0.6) is 0 Å². The van der Waals surface area contributed by atoms with E-state index >= 15 is 0 Å². The summed E-state index contributed by atoms with van der Waals surface area (Å²) in [6, 6.07) is 0. The standard InChI is InChI=1S/CN.W.Y/c1-2;;/q-1;;. The quantitative estimate of drug-likeness (QED) is 0.562. The van der Waals surface area contributed by atoms with Gasteiger partial charge in [-0.3, -0.25) is 0 Å². The second-order valence-electron chi connectivity index (χ2n) is 0.0913. The molecule has 0 atom stereocenters. The fourth-order valence-electron chi connectivity index (χ4n) is 0. The van der Waals surface area contributed by atoms with Crippen LogP contribution in [0.3, 0.4) is 0 Å². The van der Waals surface area contributed by atoms with Crippen molar-refractivity contribution >= 4 is 4.19 Å². The molecule has 0 amide bonds. The Morgan fingerprint density at radius 2 is 1.75 bits per heavy atom. The van der Waals surface area contributed by atoms with Gasteiger partial charge in [-0.15, -0.1) is 0 Å². The maximum Gasteiger partial charge on any atom is 0 e. The molecule has 0 aliphatic rings. The van der Waals surface area contributed by atoms with Crippen molar-refractivity contribution in [1.82, 2.24) is 0 Å². The molecule has 0 bridgehead atoms. The molecule has 0 N–H and O–H groups in total. The molecule has 3 heteroatoms. The Balaban J connectivity index is 0. The van der Waals surface area contributed by atoms with Gasteiger partial charge in [0.1, 0.15) is 0 Å². The van der Waals surface area contributed by atoms with Crippen molar-refractivity contribution in [1.29, 1.82) is 0 Å². The van der Waals surface area contributed by atoms with E-state index in [2.05, 4.69) is 0 Å². The van der Waals surface area contributed by atoms with Gasteiger partial charge in [0.25, 0.3) is 0 Å². The van der Waals surface area contributed by atoms with Crippen molar-refractivity contribution in [3.63, 3.8) is 0 Å². The van der Waals surface area contributed by atoms with Gasteiger partial charge in [-0.05, 0) is 0 Å². The second-order valence-corrected chi connectivity index (χ2v) is 0.747. The van der Waals surface area contributed by atoms with E-state index in [1.165, 1.54) is 0 Å². The zero-order valence-corrected chi connectivity index (χ0v) is 7.70. The van der Waals surface area contributed by atoms with Crippen LogP contribution in [0.2, 0.25) is 0 Å². The Bertz CT molecular complexity index is 29.0. The summed E-state index contributed by atoms with van der Waals surface area (Å²) < 4.78 is 1.83. The molecule has 0 saturated heterocycles. The Morgan fingerprint density at radius 3 is 1.75 bits per heavy atom. The molecule has 0 saturated carbocycles. The Labute approximate surface area is 61.0 Å². The molecule has 0 fully saturated rings. The van der Waals surface area contributed by atoms with Gasteiger partial charge < -0.3 is 0 Å². The van der Waals surface area contributed by atoms with Gasteiger partial charge in [0, 0.05) is 32.7 Å². The third-order valence-electron chi connectivity index (χ3n) is 0. The third kappa shape index (κ3) is 10.1. The molecule has 19 valence electrons. The summed E-state index contributed by atoms with van der Waals surface area (Å²) in [5.74, 6) is 0. The van der Waals surface area contributed by atoms with Gasteiger partial charge in [-0.25, -0.2) is 0 Å². The van der Waals surface area contributed by atoms with Gasteiger partial charge >= 0.3 is 29.0 Å². The zero-order chi connectivity index (χ0) is 2.71. The molecular formula is CNWY-. The van der Waals surface area contributed by atoms with E-state index in [1.807, 2.05) is 4.19 Å². The predicted octanol–water partition coefficient (Wildman–Crippen LogP) is 0.00540. The number of hydrogen-bond acceptors (Lipinski definition) is 0. The molecule has 1 nitrogen and oxygen atoms in total. The monoisotopic (exact) mass is 299 g/mol. The maximum atomic E-state index is 7.36. The summed E-state index contributed by atoms with van der Waals surface area (Å²) in [4.78, 5) is 0. The Morgan fingerprint density at radius 1 is 1.75 bits per heavy atom. The van der Waals surface area contributed by atoms with Crippen molar-refractivity contribution in [3.8, 4) is 0 Å². The van der Waals surface area contributed by atoms with Crippen LogP contribution in [0.15, 0.2) is 0 Å². The molecule has 4 heavy (non-hydrogen) atoms. The normalized spacial score (nSPS) is 2.00. The molecule has 1 radical (unpaired) electrons. The van der Waals surface area contributed by atoms with Gasteiger partial charge in [-0.1, -0.05) is 0 Å². The van der Waals surface area contributed by atoms with Crippen LogP contribution in [-0.4, -0.2) is 4.19 Å². The molecule has 0 aromatic heterocycles. The van der Waals surface area contributed by atoms with E-state index < -0.39 is 0 Å². The first-order valence-corrected chi connectivity index (χ1v) is 1.89. The largest absolute Gasteiger partial charge is 0 e. The van der Waals surface area contributed by atoms with E-state index in [4.69, 9.17) is 5.41 Å². The van der Waals surface area contributed by atoms with E-state index in [9.17, 15) is 0 Å². The topological polar surface area (TPSA) is 22.3 Å². The summed E-state index contributed by atoms with van der Waals surface area (Å²) in [6.45, 7) is 0. The van der Waals surface area contributed by atoms with Crippen LogP contribution in [0.1, 0.15) is 0 Å². The van der Waals surface area contributed by atoms with E-state index in [1.54, 1.807) is 0 Å². The number of rotatable bonds is 0. The van der Waals surface area contributed by atoms with Crippen LogP contribution in [-0.2, 0) is 52.1 Å². The first-order valence-electron chi connectivity index (χ1n) is 0.428. The summed E-state index contributed by atoms with van der Waals surface area (Å²) >= 11 is 0.977. The van der Waals surface area contributed by atoms with E-state index in [0.29, 0.717) is 0 Å². The minimum atomic E-state index is 0. The molecule has 0 aliphatic heterocycles. The van der Waals surface area contributed by atoms with Crippen LogP contribution in [0.25, 0.3) is 5.41 Å². The van der Waals surface area contributed by atoms with Crippen molar-refractivity contribution in [2.75, 3.05) is 0 Å². The molecular weight excluding hydrogens is 299 g/mol. The average molecular weight is 299 g/mol. The minimum Gasteiger partial charge on any atom is 0 e. The zero-order valence-electron chi connectivity index (χ0n) is 1.93. The Hall–Kier alpha value is 1.37. The molecule has 0 heterocycles. The third-order valence-corrected chi connectivity index (χ3v) is 0. The van der Waals surface area contributed by atoms with Crippen LogP contribution < -0.4 is 0 Å². The van der Waals surface area contributed by atoms with Crippen molar-refractivity contribution in [2.24, 2.45) is 0 Å². The molecule has 0 aromatic rings. The van der Waals surface area contributed by atoms with Crippen molar-refractivity contribution < 1.29 is 52.1 Å². The van der Waals surface area contributed by atoms with Crippen LogP contribution >= 0.6 is 0 Å². The number of hydrogen-bond donors (Lipinski definition) is 0. The van der Waals surface area contributed by atoms with E-state index in [-0.39, 0.29) is 32.7 Å². The molecule has 0 aliphatic carbocycles. The fourth-order valence-corrected chi connectivity index (χ4v) is 0. The Kier molecular flexibility index (Phi) is 19.9. The average Bonchev–Trinajstić information content (AvgIpc) is 0.918. The van der Waals surface area contributed by atoms with Crippen LogP contribution in [0, 0.1) is 0 Å². The van der Waals surface area contributed by atoms with Gasteiger partial charge in [0.05, 0.1) is 0 Å². The van der Waals surface area contributed by atoms with Gasteiger partial charge in [0.15, 0.2) is 0 Å². The fraction of sp³-hybridized carbons (Fsp3) is 0. The van der Waals surface area contributed by atoms with Gasteiger partial charge in [0.2, 0.25) is 0 Å². The summed E-state index contributed by atoms with van der Waals surface area (Å²) in [5.41, 5.74) is 0. The predicted molar refractivity (Wildman–Crippen MR) is 8.37 cm³/mol. The second kappa shape index (κ2) is 8.84. The summed E-state index contributed by atoms with van der Waals surface area (Å²) in [7, 11) is 0. The minimum absolute atomic E-state index is 0. The summed E-state index contributed by atoms with van der Waals surface area (Å²) in [6.07, 6.45) is 0. The number of nitrogens with zero attached hydrogens (tertiary/aromatic N) is 1.